The van der Waals surface area contributed by atoms with Gasteiger partial charge in [0.2, 0.25) is 5.91 Å². The minimum Gasteiger partial charge on any atom is -0.337 e. The molecule has 0 atom stereocenters. The van der Waals surface area contributed by atoms with Gasteiger partial charge in [-0.25, -0.2) is 13.8 Å². The molecule has 23 heavy (non-hydrogen) atoms. The zero-order valence-corrected chi connectivity index (χ0v) is 12.6. The number of halogens is 2. The van der Waals surface area contributed by atoms with E-state index in [1.54, 1.807) is 29.1 Å². The molecule has 0 spiro atoms. The van der Waals surface area contributed by atoms with Crippen molar-refractivity contribution in [3.8, 4) is 0 Å². The van der Waals surface area contributed by atoms with Crippen molar-refractivity contribution in [1.82, 2.24) is 19.7 Å². The molecule has 0 bridgehead atoms. The number of nitrogens with zero attached hydrogens (tertiary/aromatic N) is 3. The summed E-state index contributed by atoms with van der Waals surface area (Å²) in [6.45, 7) is 1.89. The molecule has 120 valence electrons. The van der Waals surface area contributed by atoms with Crippen molar-refractivity contribution in [2.24, 2.45) is 7.05 Å². The standard InChI is InChI=1S/C15H15F2N5O/c1-8-9(7-18-22(8)2)5-13(23)19-10-3-4-11-12(6-10)21-15(20-11)14(16)17/h3-4,6-7,14H,5H2,1-2H3,(H,19,23)(H,20,21). The fourth-order valence-corrected chi connectivity index (χ4v) is 2.31. The van der Waals surface area contributed by atoms with Crippen molar-refractivity contribution in [3.63, 3.8) is 0 Å². The third kappa shape index (κ3) is 3.05. The van der Waals surface area contributed by atoms with Gasteiger partial charge in [0.25, 0.3) is 6.43 Å². The molecule has 0 unspecified atom stereocenters. The predicted octanol–water partition coefficient (Wildman–Crippen LogP) is 2.72. The number of amides is 1. The number of rotatable bonds is 4. The Balaban J connectivity index is 1.75. The van der Waals surface area contributed by atoms with Crippen LogP contribution >= 0.6 is 0 Å². The fourth-order valence-electron chi connectivity index (χ4n) is 2.31. The summed E-state index contributed by atoms with van der Waals surface area (Å²) in [5.74, 6) is -0.580. The van der Waals surface area contributed by atoms with Crippen LogP contribution in [0.15, 0.2) is 24.4 Å². The first-order chi connectivity index (χ1) is 10.9. The average Bonchev–Trinajstić information content (AvgIpc) is 3.05. The molecule has 0 fully saturated rings. The number of aromatic amines is 1. The van der Waals surface area contributed by atoms with Gasteiger partial charge in [-0.1, -0.05) is 0 Å². The molecule has 0 aliphatic rings. The molecule has 2 N–H and O–H groups in total. The van der Waals surface area contributed by atoms with Crippen LogP contribution in [0.4, 0.5) is 14.5 Å². The second kappa shape index (κ2) is 5.79. The van der Waals surface area contributed by atoms with Crippen LogP contribution in [0.2, 0.25) is 0 Å². The Bertz CT molecular complexity index is 868. The zero-order valence-electron chi connectivity index (χ0n) is 12.6. The molecule has 8 heteroatoms. The average molecular weight is 319 g/mol. The molecule has 0 saturated heterocycles. The minimum absolute atomic E-state index is 0.197. The Kier molecular flexibility index (Phi) is 3.81. The van der Waals surface area contributed by atoms with E-state index in [1.807, 2.05) is 14.0 Å². The van der Waals surface area contributed by atoms with Gasteiger partial charge in [0.1, 0.15) is 0 Å². The van der Waals surface area contributed by atoms with Crippen molar-refractivity contribution >= 4 is 22.6 Å². The maximum absolute atomic E-state index is 12.6. The lowest BCUT2D eigenvalue weighted by atomic mass is 10.2. The van der Waals surface area contributed by atoms with Gasteiger partial charge in [0.05, 0.1) is 23.7 Å². The molecule has 0 saturated carbocycles. The van der Waals surface area contributed by atoms with Crippen molar-refractivity contribution < 1.29 is 13.6 Å². The van der Waals surface area contributed by atoms with Gasteiger partial charge in [-0.05, 0) is 25.1 Å². The van der Waals surface area contributed by atoms with Gasteiger partial charge in [-0.15, -0.1) is 0 Å². The van der Waals surface area contributed by atoms with Crippen molar-refractivity contribution in [1.29, 1.82) is 0 Å². The lowest BCUT2D eigenvalue weighted by Crippen LogP contribution is -2.14. The Hall–Kier alpha value is -2.77. The lowest BCUT2D eigenvalue weighted by Gasteiger charge is -2.05. The summed E-state index contributed by atoms with van der Waals surface area (Å²) in [6, 6.07) is 4.80. The van der Waals surface area contributed by atoms with Gasteiger partial charge < -0.3 is 10.3 Å². The summed E-state index contributed by atoms with van der Waals surface area (Å²) in [5, 5.41) is 6.84. The predicted molar refractivity (Wildman–Crippen MR) is 81.3 cm³/mol. The Labute approximate surface area is 130 Å². The number of H-pyrrole nitrogens is 1. The van der Waals surface area contributed by atoms with Gasteiger partial charge in [0.15, 0.2) is 5.82 Å². The minimum atomic E-state index is -2.66. The smallest absolute Gasteiger partial charge is 0.295 e. The Morgan fingerprint density at radius 3 is 2.87 bits per heavy atom. The molecule has 0 aliphatic carbocycles. The topological polar surface area (TPSA) is 75.6 Å². The van der Waals surface area contributed by atoms with Crippen LogP contribution in [0, 0.1) is 6.92 Å². The van der Waals surface area contributed by atoms with E-state index in [0.29, 0.717) is 16.7 Å². The van der Waals surface area contributed by atoms with Crippen LogP contribution in [0.5, 0.6) is 0 Å². The summed E-state index contributed by atoms with van der Waals surface area (Å²) in [5.41, 5.74) is 3.17. The number of alkyl halides is 2. The number of nitrogens with one attached hydrogen (secondary N) is 2. The molecule has 0 radical (unpaired) electrons. The third-order valence-corrected chi connectivity index (χ3v) is 3.68. The molecule has 6 nitrogen and oxygen atoms in total. The largest absolute Gasteiger partial charge is 0.337 e. The maximum Gasteiger partial charge on any atom is 0.295 e. The first kappa shape index (κ1) is 15.1. The molecule has 3 aromatic rings. The van der Waals surface area contributed by atoms with Crippen LogP contribution in [-0.2, 0) is 18.3 Å². The number of aromatic nitrogens is 4. The molecule has 2 heterocycles. The highest BCUT2D eigenvalue weighted by Crippen LogP contribution is 2.22. The van der Waals surface area contributed by atoms with Crippen LogP contribution in [0.25, 0.3) is 11.0 Å². The summed E-state index contributed by atoms with van der Waals surface area (Å²) in [7, 11) is 1.81. The van der Waals surface area contributed by atoms with Gasteiger partial charge in [-0.2, -0.15) is 5.10 Å². The number of benzene rings is 1. The number of fused-ring (bicyclic) bond motifs is 1. The normalized spacial score (nSPS) is 11.3. The molecular formula is C15H15F2N5O. The SMILES string of the molecule is Cc1c(CC(=O)Nc2ccc3nc(C(F)F)[nH]c3c2)cnn1C. The third-order valence-electron chi connectivity index (χ3n) is 3.68. The van der Waals surface area contributed by atoms with E-state index >= 15 is 0 Å². The summed E-state index contributed by atoms with van der Waals surface area (Å²) < 4.78 is 27.0. The van der Waals surface area contributed by atoms with E-state index in [0.717, 1.165) is 11.3 Å². The lowest BCUT2D eigenvalue weighted by molar-refractivity contribution is -0.115. The highest BCUT2D eigenvalue weighted by atomic mass is 19.3. The van der Waals surface area contributed by atoms with Crippen molar-refractivity contribution in [2.75, 3.05) is 5.32 Å². The van der Waals surface area contributed by atoms with E-state index in [4.69, 9.17) is 0 Å². The van der Waals surface area contributed by atoms with Crippen LogP contribution in [0.1, 0.15) is 23.5 Å². The van der Waals surface area contributed by atoms with Crippen LogP contribution in [0.3, 0.4) is 0 Å². The highest BCUT2D eigenvalue weighted by Gasteiger charge is 2.14. The fraction of sp³-hybridized carbons (Fsp3) is 0.267. The Morgan fingerprint density at radius 2 is 2.22 bits per heavy atom. The van der Waals surface area contributed by atoms with Gasteiger partial charge >= 0.3 is 0 Å². The first-order valence-corrected chi connectivity index (χ1v) is 6.99. The highest BCUT2D eigenvalue weighted by molar-refractivity contribution is 5.94. The number of carbonyl (C=O) groups excluding carboxylic acids is 1. The molecule has 1 amide bonds. The molecular weight excluding hydrogens is 304 g/mol. The number of hydrogen-bond donors (Lipinski definition) is 2. The zero-order chi connectivity index (χ0) is 16.6. The van der Waals surface area contributed by atoms with Gasteiger partial charge in [0, 0.05) is 24.0 Å². The van der Waals surface area contributed by atoms with Gasteiger partial charge in [-0.3, -0.25) is 9.48 Å². The monoisotopic (exact) mass is 319 g/mol. The number of anilines is 1. The number of hydrogen-bond acceptors (Lipinski definition) is 3. The molecule has 1 aromatic carbocycles. The van der Waals surface area contributed by atoms with Crippen LogP contribution < -0.4 is 5.32 Å². The number of aryl methyl sites for hydroxylation is 1. The maximum atomic E-state index is 12.6. The number of imidazole rings is 1. The molecule has 0 aliphatic heterocycles. The summed E-state index contributed by atoms with van der Waals surface area (Å²) >= 11 is 0. The van der Waals surface area contributed by atoms with E-state index < -0.39 is 6.43 Å². The van der Waals surface area contributed by atoms with Crippen molar-refractivity contribution in [3.05, 3.63) is 41.5 Å². The number of carbonyl (C=O) groups is 1. The second-order valence-corrected chi connectivity index (χ2v) is 5.26. The summed E-state index contributed by atoms with van der Waals surface area (Å²) in [4.78, 5) is 18.4. The molecule has 2 aromatic heterocycles. The van der Waals surface area contributed by atoms with Crippen LogP contribution in [-0.4, -0.2) is 25.7 Å². The van der Waals surface area contributed by atoms with E-state index in [1.165, 1.54) is 0 Å². The Morgan fingerprint density at radius 1 is 1.43 bits per heavy atom. The quantitative estimate of drug-likeness (QED) is 0.776. The van der Waals surface area contributed by atoms with Crippen molar-refractivity contribution in [2.45, 2.75) is 19.8 Å². The first-order valence-electron chi connectivity index (χ1n) is 6.99. The van der Waals surface area contributed by atoms with E-state index in [-0.39, 0.29) is 18.2 Å². The second-order valence-electron chi connectivity index (χ2n) is 5.26. The van der Waals surface area contributed by atoms with E-state index in [2.05, 4.69) is 20.4 Å². The van der Waals surface area contributed by atoms with E-state index in [9.17, 15) is 13.6 Å². The molecule has 3 rings (SSSR count). The summed E-state index contributed by atoms with van der Waals surface area (Å²) in [6.07, 6.45) is -0.806.